The molecule has 1 heterocycles. The normalized spacial score (nSPS) is 11.4. The molecule has 0 aliphatic rings. The summed E-state index contributed by atoms with van der Waals surface area (Å²) in [4.78, 5) is 25.2. The van der Waals surface area contributed by atoms with Gasteiger partial charge in [-0.25, -0.2) is 0 Å². The van der Waals surface area contributed by atoms with Crippen molar-refractivity contribution in [3.05, 3.63) is 112 Å². The molecule has 29 heavy (non-hydrogen) atoms. The summed E-state index contributed by atoms with van der Waals surface area (Å²) in [5.41, 5.74) is 1.57. The van der Waals surface area contributed by atoms with E-state index in [0.29, 0.717) is 11.3 Å². The minimum absolute atomic E-state index is 0.136. The monoisotopic (exact) mass is 450 g/mol. The highest BCUT2D eigenvalue weighted by atomic mass is 79.9. The molecule has 146 valence electrons. The molecule has 0 atom stereocenters. The molecule has 2 N–H and O–H groups in total. The van der Waals surface area contributed by atoms with Gasteiger partial charge in [-0.1, -0.05) is 58.4 Å². The molecule has 3 aromatic rings. The van der Waals surface area contributed by atoms with Crippen LogP contribution in [0.3, 0.4) is 0 Å². The molecule has 0 saturated heterocycles. The fourth-order valence-electron chi connectivity index (χ4n) is 2.47. The second-order valence-corrected chi connectivity index (χ2v) is 6.99. The van der Waals surface area contributed by atoms with Gasteiger partial charge >= 0.3 is 0 Å². The molecule has 0 unspecified atom stereocenters. The molecule has 0 bridgehead atoms. The van der Waals surface area contributed by atoms with Gasteiger partial charge in [-0.3, -0.25) is 9.59 Å². The summed E-state index contributed by atoms with van der Waals surface area (Å²) in [6.45, 7) is 0.222. The zero-order chi connectivity index (χ0) is 20.5. The second kappa shape index (κ2) is 10.2. The molecule has 0 fully saturated rings. The van der Waals surface area contributed by atoms with E-state index in [4.69, 9.17) is 4.42 Å². The summed E-state index contributed by atoms with van der Waals surface area (Å²) in [6, 6.07) is 20.1. The van der Waals surface area contributed by atoms with E-state index in [1.165, 1.54) is 6.26 Å². The molecule has 5 nitrogen and oxygen atoms in total. The number of nitrogens with one attached hydrogen (secondary N) is 2. The van der Waals surface area contributed by atoms with Gasteiger partial charge < -0.3 is 15.1 Å². The third kappa shape index (κ3) is 6.33. The van der Waals surface area contributed by atoms with Crippen LogP contribution < -0.4 is 10.6 Å². The first-order chi connectivity index (χ1) is 14.1. The first-order valence-electron chi connectivity index (χ1n) is 8.93. The summed E-state index contributed by atoms with van der Waals surface area (Å²) < 4.78 is 6.09. The van der Waals surface area contributed by atoms with E-state index >= 15 is 0 Å². The first kappa shape index (κ1) is 20.4. The largest absolute Gasteiger partial charge is 0.467 e. The van der Waals surface area contributed by atoms with Crippen LogP contribution in [0.4, 0.5) is 0 Å². The molecule has 0 aliphatic carbocycles. The van der Waals surface area contributed by atoms with Crippen molar-refractivity contribution in [1.29, 1.82) is 0 Å². The summed E-state index contributed by atoms with van der Waals surface area (Å²) in [5, 5.41) is 5.42. The van der Waals surface area contributed by atoms with Crippen LogP contribution >= 0.6 is 15.9 Å². The van der Waals surface area contributed by atoms with Crippen molar-refractivity contribution in [2.75, 3.05) is 0 Å². The Morgan fingerprint density at radius 3 is 2.41 bits per heavy atom. The molecular formula is C23H19BrN2O3. The minimum Gasteiger partial charge on any atom is -0.467 e. The van der Waals surface area contributed by atoms with E-state index in [0.717, 1.165) is 10.0 Å². The fraction of sp³-hybridized carbons (Fsp3) is 0.0435. The Morgan fingerprint density at radius 1 is 0.966 bits per heavy atom. The molecule has 3 rings (SSSR count). The first-order valence-corrected chi connectivity index (χ1v) is 9.72. The van der Waals surface area contributed by atoms with Crippen LogP contribution in [0, 0.1) is 0 Å². The molecular weight excluding hydrogens is 432 g/mol. The maximum absolute atomic E-state index is 12.6. The molecule has 1 aromatic heterocycles. The van der Waals surface area contributed by atoms with E-state index in [-0.39, 0.29) is 18.1 Å². The van der Waals surface area contributed by atoms with Crippen LogP contribution in [0.15, 0.2) is 99.7 Å². The smallest absolute Gasteiger partial charge is 0.268 e. The van der Waals surface area contributed by atoms with Gasteiger partial charge in [-0.05, 0) is 48.0 Å². The summed E-state index contributed by atoms with van der Waals surface area (Å²) in [7, 11) is 0. The van der Waals surface area contributed by atoms with Gasteiger partial charge in [-0.2, -0.15) is 0 Å². The Kier molecular flexibility index (Phi) is 7.19. The average molecular weight is 451 g/mol. The highest BCUT2D eigenvalue weighted by molar-refractivity contribution is 9.10. The number of halogens is 1. The van der Waals surface area contributed by atoms with E-state index in [1.807, 2.05) is 36.4 Å². The zero-order valence-corrected chi connectivity index (χ0v) is 17.1. The lowest BCUT2D eigenvalue weighted by molar-refractivity contribution is -0.118. The van der Waals surface area contributed by atoms with Crippen LogP contribution in [0.5, 0.6) is 0 Å². The van der Waals surface area contributed by atoms with Crippen LogP contribution in [0.2, 0.25) is 0 Å². The van der Waals surface area contributed by atoms with Gasteiger partial charge in [0.1, 0.15) is 11.5 Å². The van der Waals surface area contributed by atoms with Crippen molar-refractivity contribution in [2.24, 2.45) is 0 Å². The molecule has 2 aromatic carbocycles. The highest BCUT2D eigenvalue weighted by Gasteiger charge is 2.14. The number of allylic oxidation sites excluding steroid dienone is 2. The van der Waals surface area contributed by atoms with Gasteiger partial charge in [-0.15, -0.1) is 0 Å². The number of amides is 2. The lowest BCUT2D eigenvalue weighted by Gasteiger charge is -2.10. The van der Waals surface area contributed by atoms with Crippen LogP contribution in [0.1, 0.15) is 21.7 Å². The van der Waals surface area contributed by atoms with Gasteiger partial charge in [0.2, 0.25) is 0 Å². The fourth-order valence-corrected chi connectivity index (χ4v) is 2.73. The second-order valence-electron chi connectivity index (χ2n) is 6.07. The third-order valence-corrected chi connectivity index (χ3v) is 4.48. The molecule has 0 aliphatic heterocycles. The lowest BCUT2D eigenvalue weighted by Crippen LogP contribution is -2.34. The number of carbonyl (C=O) groups is 2. The predicted molar refractivity (Wildman–Crippen MR) is 116 cm³/mol. The third-order valence-electron chi connectivity index (χ3n) is 3.95. The maximum atomic E-state index is 12.6. The predicted octanol–water partition coefficient (Wildman–Crippen LogP) is 4.69. The molecule has 0 spiro atoms. The Bertz CT molecular complexity index is 1010. The van der Waals surface area contributed by atoms with Gasteiger partial charge in [0, 0.05) is 10.0 Å². The average Bonchev–Trinajstić information content (AvgIpc) is 3.26. The highest BCUT2D eigenvalue weighted by Crippen LogP contribution is 2.11. The number of hydrogen-bond donors (Lipinski definition) is 2. The topological polar surface area (TPSA) is 71.3 Å². The van der Waals surface area contributed by atoms with Gasteiger partial charge in [0.25, 0.3) is 11.8 Å². The number of carbonyl (C=O) groups excluding carboxylic acids is 2. The summed E-state index contributed by atoms with van der Waals surface area (Å²) in [5.74, 6) is -0.161. The Labute approximate surface area is 177 Å². The molecule has 0 saturated carbocycles. The summed E-state index contributed by atoms with van der Waals surface area (Å²) in [6.07, 6.45) is 6.68. The van der Waals surface area contributed by atoms with E-state index in [1.54, 1.807) is 48.6 Å². The maximum Gasteiger partial charge on any atom is 0.268 e. The van der Waals surface area contributed by atoms with Crippen molar-refractivity contribution >= 4 is 33.8 Å². The molecule has 0 radical (unpaired) electrons. The van der Waals surface area contributed by atoms with E-state index < -0.39 is 5.91 Å². The Balaban J connectivity index is 1.74. The van der Waals surface area contributed by atoms with E-state index in [9.17, 15) is 9.59 Å². The van der Waals surface area contributed by atoms with Crippen molar-refractivity contribution in [1.82, 2.24) is 10.6 Å². The number of benzene rings is 2. The Morgan fingerprint density at radius 2 is 1.72 bits per heavy atom. The molecule has 6 heteroatoms. The number of rotatable bonds is 7. The van der Waals surface area contributed by atoms with Crippen LogP contribution in [0.25, 0.3) is 6.08 Å². The zero-order valence-electron chi connectivity index (χ0n) is 15.5. The van der Waals surface area contributed by atoms with Crippen molar-refractivity contribution in [3.8, 4) is 0 Å². The number of hydrogen-bond acceptors (Lipinski definition) is 3. The van der Waals surface area contributed by atoms with Crippen LogP contribution in [-0.4, -0.2) is 11.8 Å². The lowest BCUT2D eigenvalue weighted by atomic mass is 10.2. The Hall–Kier alpha value is -3.38. The SMILES string of the molecule is O=C(NCc1ccco1)/C(=C\C=C\c1ccccc1)NC(=O)c1ccc(Br)cc1. The number of furan rings is 1. The standard InChI is InChI=1S/C23H19BrN2O3/c24-19-13-11-18(12-14-19)22(27)26-21(10-4-8-17-6-2-1-3-7-17)23(28)25-16-20-9-5-15-29-20/h1-15H,16H2,(H,25,28)(H,26,27)/b8-4+,21-10+. The van der Waals surface area contributed by atoms with Crippen LogP contribution in [-0.2, 0) is 11.3 Å². The van der Waals surface area contributed by atoms with E-state index in [2.05, 4.69) is 26.6 Å². The molecule has 2 amide bonds. The van der Waals surface area contributed by atoms with Gasteiger partial charge in [0.05, 0.1) is 12.8 Å². The van der Waals surface area contributed by atoms with Crippen molar-refractivity contribution in [2.45, 2.75) is 6.54 Å². The van der Waals surface area contributed by atoms with Crippen molar-refractivity contribution in [3.63, 3.8) is 0 Å². The summed E-state index contributed by atoms with van der Waals surface area (Å²) >= 11 is 3.34. The van der Waals surface area contributed by atoms with Crippen molar-refractivity contribution < 1.29 is 14.0 Å². The van der Waals surface area contributed by atoms with Gasteiger partial charge in [0.15, 0.2) is 0 Å². The quantitative estimate of drug-likeness (QED) is 0.405. The minimum atomic E-state index is -0.412.